The van der Waals surface area contributed by atoms with Crippen molar-refractivity contribution in [3.8, 4) is 0 Å². The van der Waals surface area contributed by atoms with Crippen LogP contribution in [-0.2, 0) is 4.79 Å². The second-order valence-electron chi connectivity index (χ2n) is 5.09. The topological polar surface area (TPSA) is 75.3 Å². The molecule has 1 atom stereocenters. The van der Waals surface area contributed by atoms with E-state index in [0.717, 1.165) is 12.8 Å². The Morgan fingerprint density at radius 2 is 2.06 bits per heavy atom. The molecule has 4 heteroatoms. The van der Waals surface area contributed by atoms with Crippen molar-refractivity contribution in [1.82, 2.24) is 5.32 Å². The van der Waals surface area contributed by atoms with E-state index in [1.807, 2.05) is 0 Å². The van der Waals surface area contributed by atoms with E-state index in [4.69, 9.17) is 10.8 Å². The molecule has 4 N–H and O–H groups in total. The summed E-state index contributed by atoms with van der Waals surface area (Å²) < 4.78 is 0. The van der Waals surface area contributed by atoms with Gasteiger partial charge < -0.3 is 16.2 Å². The lowest BCUT2D eigenvalue weighted by Gasteiger charge is -2.35. The number of rotatable bonds is 5. The molecule has 16 heavy (non-hydrogen) atoms. The van der Waals surface area contributed by atoms with Crippen LogP contribution >= 0.6 is 0 Å². The van der Waals surface area contributed by atoms with Crippen molar-refractivity contribution in [2.75, 3.05) is 13.2 Å². The lowest BCUT2D eigenvalue weighted by Crippen LogP contribution is -2.42. The van der Waals surface area contributed by atoms with Crippen molar-refractivity contribution in [2.24, 2.45) is 11.1 Å². The predicted molar refractivity (Wildman–Crippen MR) is 63.9 cm³/mol. The van der Waals surface area contributed by atoms with Crippen LogP contribution in [0.4, 0.5) is 0 Å². The molecule has 4 nitrogen and oxygen atoms in total. The summed E-state index contributed by atoms with van der Waals surface area (Å²) >= 11 is 0. The molecule has 0 aromatic rings. The van der Waals surface area contributed by atoms with E-state index in [0.29, 0.717) is 13.0 Å². The maximum absolute atomic E-state index is 11.8. The Morgan fingerprint density at radius 3 is 2.56 bits per heavy atom. The minimum atomic E-state index is -0.161. The molecule has 0 aromatic carbocycles. The molecule has 94 valence electrons. The van der Waals surface area contributed by atoms with E-state index in [1.54, 1.807) is 6.92 Å². The van der Waals surface area contributed by atoms with Gasteiger partial charge in [0.25, 0.3) is 0 Å². The van der Waals surface area contributed by atoms with Gasteiger partial charge in [0.15, 0.2) is 0 Å². The normalized spacial score (nSPS) is 21.4. The van der Waals surface area contributed by atoms with Crippen LogP contribution in [0, 0.1) is 5.41 Å². The van der Waals surface area contributed by atoms with Gasteiger partial charge in [-0.15, -0.1) is 0 Å². The summed E-state index contributed by atoms with van der Waals surface area (Å²) in [5.74, 6) is 0.0221. The van der Waals surface area contributed by atoms with Crippen LogP contribution in [0.2, 0.25) is 0 Å². The first-order valence-electron chi connectivity index (χ1n) is 6.22. The molecule has 0 bridgehead atoms. The lowest BCUT2D eigenvalue weighted by atomic mass is 9.71. The molecule has 0 spiro atoms. The molecule has 1 saturated carbocycles. The maximum atomic E-state index is 11.8. The number of hydrogen-bond donors (Lipinski definition) is 3. The number of amides is 1. The average molecular weight is 228 g/mol. The maximum Gasteiger partial charge on any atom is 0.220 e. The van der Waals surface area contributed by atoms with Gasteiger partial charge in [0.1, 0.15) is 0 Å². The van der Waals surface area contributed by atoms with Crippen molar-refractivity contribution < 1.29 is 9.90 Å². The third-order valence-electron chi connectivity index (χ3n) is 3.56. The summed E-state index contributed by atoms with van der Waals surface area (Å²) in [6.45, 7) is 2.38. The average Bonchev–Trinajstić information content (AvgIpc) is 2.29. The molecule has 0 aliphatic heterocycles. The van der Waals surface area contributed by atoms with Gasteiger partial charge in [-0.3, -0.25) is 4.79 Å². The van der Waals surface area contributed by atoms with E-state index in [2.05, 4.69) is 5.32 Å². The van der Waals surface area contributed by atoms with Gasteiger partial charge in [-0.25, -0.2) is 0 Å². The van der Waals surface area contributed by atoms with E-state index in [-0.39, 0.29) is 24.0 Å². The van der Waals surface area contributed by atoms with Gasteiger partial charge in [0, 0.05) is 12.5 Å². The minimum absolute atomic E-state index is 0.0114. The van der Waals surface area contributed by atoms with E-state index >= 15 is 0 Å². The first-order chi connectivity index (χ1) is 7.62. The Morgan fingerprint density at radius 1 is 1.44 bits per heavy atom. The molecule has 0 unspecified atom stereocenters. The molecular formula is C12H24N2O2. The number of aliphatic hydroxyl groups excluding tert-OH is 1. The molecule has 1 rings (SSSR count). The molecule has 1 amide bonds. The van der Waals surface area contributed by atoms with Crippen molar-refractivity contribution in [3.63, 3.8) is 0 Å². The highest BCUT2D eigenvalue weighted by atomic mass is 16.3. The smallest absolute Gasteiger partial charge is 0.220 e. The molecule has 1 aliphatic rings. The lowest BCUT2D eigenvalue weighted by molar-refractivity contribution is -0.124. The monoisotopic (exact) mass is 228 g/mol. The molecule has 1 aliphatic carbocycles. The second kappa shape index (κ2) is 6.21. The zero-order valence-electron chi connectivity index (χ0n) is 10.2. The van der Waals surface area contributed by atoms with Gasteiger partial charge in [-0.05, 0) is 31.7 Å². The summed E-state index contributed by atoms with van der Waals surface area (Å²) in [5, 5.41) is 11.7. The third kappa shape index (κ3) is 3.76. The number of carbonyl (C=O) groups is 1. The highest BCUT2D eigenvalue weighted by Gasteiger charge is 2.33. The second-order valence-corrected chi connectivity index (χ2v) is 5.09. The largest absolute Gasteiger partial charge is 0.394 e. The number of nitrogens with one attached hydrogen (secondary N) is 1. The zero-order chi connectivity index (χ0) is 12.0. The van der Waals surface area contributed by atoms with E-state index in [9.17, 15) is 4.79 Å². The highest BCUT2D eigenvalue weighted by molar-refractivity contribution is 5.77. The summed E-state index contributed by atoms with van der Waals surface area (Å²) in [6, 6.07) is -0.161. The molecular weight excluding hydrogens is 204 g/mol. The summed E-state index contributed by atoms with van der Waals surface area (Å²) in [5.41, 5.74) is 5.83. The Balaban J connectivity index is 2.45. The summed E-state index contributed by atoms with van der Waals surface area (Å²) in [4.78, 5) is 11.8. The predicted octanol–water partition coefficient (Wildman–Crippen LogP) is 0.783. The van der Waals surface area contributed by atoms with Crippen molar-refractivity contribution in [1.29, 1.82) is 0 Å². The summed E-state index contributed by atoms with van der Waals surface area (Å²) in [7, 11) is 0. The number of carbonyl (C=O) groups excluding carboxylic acids is 1. The van der Waals surface area contributed by atoms with Crippen LogP contribution in [0.5, 0.6) is 0 Å². The molecule has 0 saturated heterocycles. The Hall–Kier alpha value is -0.610. The standard InChI is InChI=1S/C12H24N2O2/c1-10(8-15)14-11(16)7-12(9-13)5-3-2-4-6-12/h10,15H,2-9,13H2,1H3,(H,14,16)/t10-/m0/s1. The number of aliphatic hydroxyl groups is 1. The first kappa shape index (κ1) is 13.5. The Bertz CT molecular complexity index is 225. The Labute approximate surface area is 97.6 Å². The van der Waals surface area contributed by atoms with E-state index in [1.165, 1.54) is 19.3 Å². The fourth-order valence-corrected chi connectivity index (χ4v) is 2.47. The third-order valence-corrected chi connectivity index (χ3v) is 3.56. The molecule has 0 aromatic heterocycles. The molecule has 0 radical (unpaired) electrons. The van der Waals surface area contributed by atoms with Gasteiger partial charge in [-0.1, -0.05) is 19.3 Å². The molecule has 0 heterocycles. The minimum Gasteiger partial charge on any atom is -0.394 e. The number of hydrogen-bond acceptors (Lipinski definition) is 3. The fourth-order valence-electron chi connectivity index (χ4n) is 2.47. The van der Waals surface area contributed by atoms with Gasteiger partial charge >= 0.3 is 0 Å². The highest BCUT2D eigenvalue weighted by Crippen LogP contribution is 2.38. The Kier molecular flexibility index (Phi) is 5.22. The van der Waals surface area contributed by atoms with Gasteiger partial charge in [-0.2, -0.15) is 0 Å². The quantitative estimate of drug-likeness (QED) is 0.651. The van der Waals surface area contributed by atoms with Gasteiger partial charge in [0.05, 0.1) is 6.61 Å². The van der Waals surface area contributed by atoms with Crippen molar-refractivity contribution >= 4 is 5.91 Å². The zero-order valence-corrected chi connectivity index (χ0v) is 10.2. The van der Waals surface area contributed by atoms with Crippen LogP contribution in [0.15, 0.2) is 0 Å². The van der Waals surface area contributed by atoms with Crippen molar-refractivity contribution in [2.45, 2.75) is 51.5 Å². The first-order valence-corrected chi connectivity index (χ1v) is 6.22. The van der Waals surface area contributed by atoms with Crippen LogP contribution in [0.25, 0.3) is 0 Å². The molecule has 1 fully saturated rings. The van der Waals surface area contributed by atoms with Crippen LogP contribution < -0.4 is 11.1 Å². The van der Waals surface area contributed by atoms with Crippen LogP contribution in [0.1, 0.15) is 45.4 Å². The SMILES string of the molecule is C[C@@H](CO)NC(=O)CC1(CN)CCCCC1. The van der Waals surface area contributed by atoms with Gasteiger partial charge in [0.2, 0.25) is 5.91 Å². The van der Waals surface area contributed by atoms with Crippen molar-refractivity contribution in [3.05, 3.63) is 0 Å². The van der Waals surface area contributed by atoms with Crippen LogP contribution in [0.3, 0.4) is 0 Å². The van der Waals surface area contributed by atoms with E-state index < -0.39 is 0 Å². The fraction of sp³-hybridized carbons (Fsp3) is 0.917. The number of nitrogens with two attached hydrogens (primary N) is 1. The summed E-state index contributed by atoms with van der Waals surface area (Å²) in [6.07, 6.45) is 6.25. The van der Waals surface area contributed by atoms with Crippen LogP contribution in [-0.4, -0.2) is 30.2 Å².